The summed E-state index contributed by atoms with van der Waals surface area (Å²) >= 11 is 0. The molecule has 4 heteroatoms. The number of rotatable bonds is 3. The summed E-state index contributed by atoms with van der Waals surface area (Å²) < 4.78 is 5.00. The fraction of sp³-hybridized carbons (Fsp3) is 0.167. The molecule has 0 aliphatic carbocycles. The molecule has 0 aromatic carbocycles. The van der Waals surface area contributed by atoms with Crippen molar-refractivity contribution in [1.82, 2.24) is 4.98 Å². The first kappa shape index (κ1) is 10.2. The van der Waals surface area contributed by atoms with Crippen molar-refractivity contribution < 1.29 is 4.42 Å². The summed E-state index contributed by atoms with van der Waals surface area (Å²) in [5, 5.41) is 8.97. The quantitative estimate of drug-likeness (QED) is 0.784. The molecular weight excluding hydrogens is 202 g/mol. The van der Waals surface area contributed by atoms with Crippen LogP contribution in [0.15, 0.2) is 41.5 Å². The van der Waals surface area contributed by atoms with E-state index in [-0.39, 0.29) is 0 Å². The van der Waals surface area contributed by atoms with Crippen molar-refractivity contribution in [3.8, 4) is 6.07 Å². The van der Waals surface area contributed by atoms with E-state index in [0.717, 1.165) is 11.3 Å². The molecule has 0 fully saturated rings. The number of nitriles is 1. The second-order valence-electron chi connectivity index (χ2n) is 3.49. The molecule has 2 rings (SSSR count). The standard InChI is InChI=1S/C12H11N3O/c1-15(8-10-3-5-16-9-10)12-7-14-4-2-11(12)6-13/h2-5,7,9H,8H2,1H3. The highest BCUT2D eigenvalue weighted by Crippen LogP contribution is 2.18. The van der Waals surface area contributed by atoms with Gasteiger partial charge in [-0.15, -0.1) is 0 Å². The molecule has 0 atom stereocenters. The van der Waals surface area contributed by atoms with Crippen LogP contribution in [0.2, 0.25) is 0 Å². The van der Waals surface area contributed by atoms with Gasteiger partial charge in [-0.05, 0) is 12.1 Å². The normalized spacial score (nSPS) is 9.75. The minimum atomic E-state index is 0.626. The molecule has 0 saturated carbocycles. The van der Waals surface area contributed by atoms with Gasteiger partial charge in [-0.3, -0.25) is 4.98 Å². The molecule has 4 nitrogen and oxygen atoms in total. The van der Waals surface area contributed by atoms with Crippen molar-refractivity contribution in [2.75, 3.05) is 11.9 Å². The summed E-state index contributed by atoms with van der Waals surface area (Å²) in [5.41, 5.74) is 2.52. The lowest BCUT2D eigenvalue weighted by Gasteiger charge is -2.18. The number of hydrogen-bond donors (Lipinski definition) is 0. The van der Waals surface area contributed by atoms with Crippen LogP contribution in [0.4, 0.5) is 5.69 Å². The minimum Gasteiger partial charge on any atom is -0.472 e. The van der Waals surface area contributed by atoms with Crippen molar-refractivity contribution in [1.29, 1.82) is 5.26 Å². The van der Waals surface area contributed by atoms with Gasteiger partial charge in [0.15, 0.2) is 0 Å². The van der Waals surface area contributed by atoms with E-state index in [0.29, 0.717) is 12.1 Å². The first-order valence-electron chi connectivity index (χ1n) is 4.87. The van der Waals surface area contributed by atoms with Crippen LogP contribution in [0, 0.1) is 11.3 Å². The second-order valence-corrected chi connectivity index (χ2v) is 3.49. The molecule has 0 aliphatic rings. The molecule has 0 N–H and O–H groups in total. The maximum absolute atomic E-state index is 8.97. The van der Waals surface area contributed by atoms with Crippen LogP contribution in [0.25, 0.3) is 0 Å². The Balaban J connectivity index is 2.21. The molecule has 0 amide bonds. The highest BCUT2D eigenvalue weighted by Gasteiger charge is 2.07. The van der Waals surface area contributed by atoms with E-state index in [1.54, 1.807) is 31.0 Å². The monoisotopic (exact) mass is 213 g/mol. The highest BCUT2D eigenvalue weighted by molar-refractivity contribution is 5.57. The third-order valence-electron chi connectivity index (χ3n) is 2.33. The maximum atomic E-state index is 8.97. The Kier molecular flexibility index (Phi) is 2.88. The molecule has 0 saturated heterocycles. The van der Waals surface area contributed by atoms with E-state index < -0.39 is 0 Å². The Morgan fingerprint density at radius 2 is 2.38 bits per heavy atom. The topological polar surface area (TPSA) is 53.1 Å². The zero-order chi connectivity index (χ0) is 11.4. The number of aromatic nitrogens is 1. The fourth-order valence-corrected chi connectivity index (χ4v) is 1.53. The van der Waals surface area contributed by atoms with Gasteiger partial charge in [0.25, 0.3) is 0 Å². The average Bonchev–Trinajstić information content (AvgIpc) is 2.81. The zero-order valence-corrected chi connectivity index (χ0v) is 8.92. The molecule has 2 heterocycles. The molecule has 0 radical (unpaired) electrons. The summed E-state index contributed by atoms with van der Waals surface area (Å²) in [4.78, 5) is 6.00. The van der Waals surface area contributed by atoms with Gasteiger partial charge >= 0.3 is 0 Å². The van der Waals surface area contributed by atoms with Crippen LogP contribution in [-0.4, -0.2) is 12.0 Å². The Labute approximate surface area is 93.7 Å². The predicted octanol–water partition coefficient (Wildman–Crippen LogP) is 2.18. The van der Waals surface area contributed by atoms with E-state index in [4.69, 9.17) is 9.68 Å². The first-order valence-corrected chi connectivity index (χ1v) is 4.87. The van der Waals surface area contributed by atoms with Crippen molar-refractivity contribution in [3.63, 3.8) is 0 Å². The van der Waals surface area contributed by atoms with Gasteiger partial charge in [-0.2, -0.15) is 5.26 Å². The third kappa shape index (κ3) is 2.04. The summed E-state index contributed by atoms with van der Waals surface area (Å²) in [6.07, 6.45) is 6.64. The van der Waals surface area contributed by atoms with Gasteiger partial charge in [0.05, 0.1) is 30.0 Å². The minimum absolute atomic E-state index is 0.626. The molecule has 0 aliphatic heterocycles. The van der Waals surface area contributed by atoms with E-state index in [1.165, 1.54) is 0 Å². The molecule has 0 spiro atoms. The van der Waals surface area contributed by atoms with Gasteiger partial charge in [0, 0.05) is 25.4 Å². The van der Waals surface area contributed by atoms with Crippen LogP contribution in [0.1, 0.15) is 11.1 Å². The van der Waals surface area contributed by atoms with Crippen molar-refractivity contribution in [2.45, 2.75) is 6.54 Å². The summed E-state index contributed by atoms with van der Waals surface area (Å²) in [5.74, 6) is 0. The zero-order valence-electron chi connectivity index (χ0n) is 8.92. The van der Waals surface area contributed by atoms with Crippen LogP contribution in [-0.2, 0) is 6.54 Å². The maximum Gasteiger partial charge on any atom is 0.101 e. The lowest BCUT2D eigenvalue weighted by atomic mass is 10.2. The van der Waals surface area contributed by atoms with Crippen LogP contribution in [0.3, 0.4) is 0 Å². The van der Waals surface area contributed by atoms with Crippen LogP contribution in [0.5, 0.6) is 0 Å². The lowest BCUT2D eigenvalue weighted by Crippen LogP contribution is -2.17. The lowest BCUT2D eigenvalue weighted by molar-refractivity contribution is 0.563. The predicted molar refractivity (Wildman–Crippen MR) is 59.8 cm³/mol. The largest absolute Gasteiger partial charge is 0.472 e. The SMILES string of the molecule is CN(Cc1ccoc1)c1cnccc1C#N. The average molecular weight is 213 g/mol. The number of anilines is 1. The number of furan rings is 1. The van der Waals surface area contributed by atoms with E-state index in [9.17, 15) is 0 Å². The van der Waals surface area contributed by atoms with Gasteiger partial charge < -0.3 is 9.32 Å². The van der Waals surface area contributed by atoms with Gasteiger partial charge in [0.2, 0.25) is 0 Å². The fourth-order valence-electron chi connectivity index (χ4n) is 1.53. The highest BCUT2D eigenvalue weighted by atomic mass is 16.3. The smallest absolute Gasteiger partial charge is 0.101 e. The van der Waals surface area contributed by atoms with E-state index in [1.807, 2.05) is 18.0 Å². The van der Waals surface area contributed by atoms with Crippen LogP contribution < -0.4 is 4.90 Å². The molecule has 0 bridgehead atoms. The Bertz CT molecular complexity index is 499. The second kappa shape index (κ2) is 4.49. The number of nitrogens with zero attached hydrogens (tertiary/aromatic N) is 3. The van der Waals surface area contributed by atoms with Crippen molar-refractivity contribution >= 4 is 5.69 Å². The van der Waals surface area contributed by atoms with Crippen molar-refractivity contribution in [3.05, 3.63) is 48.2 Å². The first-order chi connectivity index (χ1) is 7.81. The van der Waals surface area contributed by atoms with Gasteiger partial charge in [-0.1, -0.05) is 0 Å². The summed E-state index contributed by atoms with van der Waals surface area (Å²) in [6.45, 7) is 0.691. The van der Waals surface area contributed by atoms with Gasteiger partial charge in [-0.25, -0.2) is 0 Å². The van der Waals surface area contributed by atoms with Crippen molar-refractivity contribution in [2.24, 2.45) is 0 Å². The number of pyridine rings is 1. The Hall–Kier alpha value is -2.28. The molecule has 80 valence electrons. The molecule has 16 heavy (non-hydrogen) atoms. The summed E-state index contributed by atoms with van der Waals surface area (Å²) in [6, 6.07) is 5.76. The Morgan fingerprint density at radius 3 is 3.06 bits per heavy atom. The van der Waals surface area contributed by atoms with E-state index >= 15 is 0 Å². The van der Waals surface area contributed by atoms with Crippen LogP contribution >= 0.6 is 0 Å². The molecule has 2 aromatic heterocycles. The Morgan fingerprint density at radius 1 is 1.50 bits per heavy atom. The molecule has 0 unspecified atom stereocenters. The van der Waals surface area contributed by atoms with E-state index in [2.05, 4.69) is 11.1 Å². The van der Waals surface area contributed by atoms with Gasteiger partial charge in [0.1, 0.15) is 6.07 Å². The molecular formula is C12H11N3O. The third-order valence-corrected chi connectivity index (χ3v) is 2.33. The number of hydrogen-bond acceptors (Lipinski definition) is 4. The molecule has 2 aromatic rings. The summed E-state index contributed by atoms with van der Waals surface area (Å²) in [7, 11) is 1.92.